The summed E-state index contributed by atoms with van der Waals surface area (Å²) in [4.78, 5) is 27.2. The Kier molecular flexibility index (Phi) is 7.49. The van der Waals surface area contributed by atoms with Crippen molar-refractivity contribution in [3.05, 3.63) is 80.9 Å². The fourth-order valence-electron chi connectivity index (χ4n) is 4.51. The molecule has 0 fully saturated rings. The summed E-state index contributed by atoms with van der Waals surface area (Å²) in [7, 11) is 4.00. The van der Waals surface area contributed by atoms with Gasteiger partial charge in [0.25, 0.3) is 0 Å². The lowest BCUT2D eigenvalue weighted by atomic mass is 9.91. The first kappa shape index (κ1) is 25.1. The molecule has 0 unspecified atom stereocenters. The molecule has 4 rings (SSSR count). The highest BCUT2D eigenvalue weighted by Gasteiger charge is 2.29. The Morgan fingerprint density at radius 3 is 2.33 bits per heavy atom. The van der Waals surface area contributed by atoms with E-state index in [9.17, 15) is 19.8 Å². The SMILES string of the molecule is COC(=O)C[C@H](c1cc(OC)c(O)c(OC)c1)c1oc(CN2CCc3ccccc3C2)cc(=O)c1O. The van der Waals surface area contributed by atoms with E-state index in [4.69, 9.17) is 18.6 Å². The number of phenols is 1. The topological polar surface area (TPSA) is 119 Å². The molecule has 9 heteroatoms. The maximum absolute atomic E-state index is 12.8. The molecule has 9 nitrogen and oxygen atoms in total. The Labute approximate surface area is 208 Å². The average Bonchev–Trinajstić information content (AvgIpc) is 2.89. The van der Waals surface area contributed by atoms with Crippen LogP contribution in [0.3, 0.4) is 0 Å². The zero-order valence-corrected chi connectivity index (χ0v) is 20.4. The van der Waals surface area contributed by atoms with Gasteiger partial charge in [0.15, 0.2) is 17.3 Å². The van der Waals surface area contributed by atoms with Gasteiger partial charge in [0.2, 0.25) is 16.9 Å². The molecule has 36 heavy (non-hydrogen) atoms. The van der Waals surface area contributed by atoms with Gasteiger partial charge in [-0.1, -0.05) is 24.3 Å². The van der Waals surface area contributed by atoms with E-state index in [1.54, 1.807) is 0 Å². The lowest BCUT2D eigenvalue weighted by Gasteiger charge is -2.28. The summed E-state index contributed by atoms with van der Waals surface area (Å²) in [5.41, 5.74) is 2.33. The van der Waals surface area contributed by atoms with Crippen molar-refractivity contribution in [2.45, 2.75) is 31.8 Å². The Morgan fingerprint density at radius 2 is 1.69 bits per heavy atom. The van der Waals surface area contributed by atoms with E-state index in [0.717, 1.165) is 13.0 Å². The summed E-state index contributed by atoms with van der Waals surface area (Å²) in [5, 5.41) is 21.0. The van der Waals surface area contributed by atoms with Crippen LogP contribution in [0.15, 0.2) is 51.7 Å². The molecule has 0 bridgehead atoms. The second-order valence-electron chi connectivity index (χ2n) is 8.63. The first-order chi connectivity index (χ1) is 17.3. The lowest BCUT2D eigenvalue weighted by Crippen LogP contribution is -2.30. The molecule has 0 radical (unpaired) electrons. The van der Waals surface area contributed by atoms with Gasteiger partial charge in [0.1, 0.15) is 5.76 Å². The number of aromatic hydroxyl groups is 2. The molecule has 1 aromatic heterocycles. The number of hydrogen-bond acceptors (Lipinski definition) is 9. The quantitative estimate of drug-likeness (QED) is 0.454. The zero-order chi connectivity index (χ0) is 25.8. The molecule has 2 aromatic carbocycles. The lowest BCUT2D eigenvalue weighted by molar-refractivity contribution is -0.140. The molecule has 2 N–H and O–H groups in total. The number of rotatable bonds is 8. The van der Waals surface area contributed by atoms with Gasteiger partial charge in [0, 0.05) is 19.2 Å². The summed E-state index contributed by atoms with van der Waals surface area (Å²) in [6.07, 6.45) is 0.647. The van der Waals surface area contributed by atoms with Gasteiger partial charge in [-0.05, 0) is 35.2 Å². The van der Waals surface area contributed by atoms with Crippen molar-refractivity contribution in [3.63, 3.8) is 0 Å². The monoisotopic (exact) mass is 495 g/mol. The number of esters is 1. The number of fused-ring (bicyclic) bond motifs is 1. The number of ether oxygens (including phenoxy) is 3. The van der Waals surface area contributed by atoms with Gasteiger partial charge in [-0.25, -0.2) is 0 Å². The fraction of sp³-hybridized carbons (Fsp3) is 0.333. The Hall–Kier alpha value is -3.98. The molecular formula is C27H29NO8. The van der Waals surface area contributed by atoms with Crippen molar-refractivity contribution in [2.75, 3.05) is 27.9 Å². The van der Waals surface area contributed by atoms with Crippen molar-refractivity contribution in [1.82, 2.24) is 4.90 Å². The van der Waals surface area contributed by atoms with Crippen molar-refractivity contribution in [2.24, 2.45) is 0 Å². The second kappa shape index (κ2) is 10.7. The van der Waals surface area contributed by atoms with E-state index < -0.39 is 23.1 Å². The van der Waals surface area contributed by atoms with Crippen LogP contribution in [0.5, 0.6) is 23.0 Å². The molecule has 0 saturated carbocycles. The van der Waals surface area contributed by atoms with Crippen LogP contribution >= 0.6 is 0 Å². The van der Waals surface area contributed by atoms with Gasteiger partial charge >= 0.3 is 5.97 Å². The summed E-state index contributed by atoms with van der Waals surface area (Å²) < 4.78 is 21.4. The molecule has 0 saturated heterocycles. The molecule has 2 heterocycles. The number of nitrogens with zero attached hydrogens (tertiary/aromatic N) is 1. The van der Waals surface area contributed by atoms with E-state index in [2.05, 4.69) is 17.0 Å². The zero-order valence-electron chi connectivity index (χ0n) is 20.4. The van der Waals surface area contributed by atoms with Crippen LogP contribution in [-0.4, -0.2) is 49.0 Å². The highest BCUT2D eigenvalue weighted by molar-refractivity contribution is 5.71. The minimum atomic E-state index is -0.907. The van der Waals surface area contributed by atoms with Gasteiger partial charge in [-0.15, -0.1) is 0 Å². The number of phenolic OH excluding ortho intramolecular Hbond substituents is 1. The highest BCUT2D eigenvalue weighted by Crippen LogP contribution is 2.42. The number of carbonyl (C=O) groups excluding carboxylic acids is 1. The van der Waals surface area contributed by atoms with Crippen LogP contribution in [0.25, 0.3) is 0 Å². The fourth-order valence-corrected chi connectivity index (χ4v) is 4.51. The number of hydrogen-bond donors (Lipinski definition) is 2. The van der Waals surface area contributed by atoms with Crippen molar-refractivity contribution in [3.8, 4) is 23.0 Å². The highest BCUT2D eigenvalue weighted by atomic mass is 16.5. The summed E-state index contributed by atoms with van der Waals surface area (Å²) >= 11 is 0. The van der Waals surface area contributed by atoms with Gasteiger partial charge in [-0.3, -0.25) is 14.5 Å². The third kappa shape index (κ3) is 5.16. The first-order valence-corrected chi connectivity index (χ1v) is 11.5. The van der Waals surface area contributed by atoms with Crippen LogP contribution in [0.1, 0.15) is 40.5 Å². The van der Waals surface area contributed by atoms with E-state index in [1.807, 2.05) is 12.1 Å². The van der Waals surface area contributed by atoms with Crippen LogP contribution in [-0.2, 0) is 29.0 Å². The van der Waals surface area contributed by atoms with E-state index in [1.165, 1.54) is 50.7 Å². The molecule has 0 spiro atoms. The largest absolute Gasteiger partial charge is 0.502 e. The maximum atomic E-state index is 12.8. The maximum Gasteiger partial charge on any atom is 0.306 e. The molecular weight excluding hydrogens is 466 g/mol. The molecule has 1 atom stereocenters. The number of methoxy groups -OCH3 is 3. The third-order valence-electron chi connectivity index (χ3n) is 6.41. The van der Waals surface area contributed by atoms with E-state index >= 15 is 0 Å². The number of benzene rings is 2. The van der Waals surface area contributed by atoms with Gasteiger partial charge in [0.05, 0.1) is 40.2 Å². The molecule has 0 aliphatic carbocycles. The number of carbonyl (C=O) groups is 1. The van der Waals surface area contributed by atoms with Crippen LogP contribution in [0, 0.1) is 0 Å². The first-order valence-electron chi connectivity index (χ1n) is 11.5. The predicted molar refractivity (Wildman–Crippen MR) is 131 cm³/mol. The minimum Gasteiger partial charge on any atom is -0.502 e. The smallest absolute Gasteiger partial charge is 0.306 e. The summed E-state index contributed by atoms with van der Waals surface area (Å²) in [6.45, 7) is 1.84. The predicted octanol–water partition coefficient (Wildman–Crippen LogP) is 3.32. The van der Waals surface area contributed by atoms with Crippen molar-refractivity contribution in [1.29, 1.82) is 0 Å². The van der Waals surface area contributed by atoms with Gasteiger partial charge < -0.3 is 28.8 Å². The van der Waals surface area contributed by atoms with E-state index in [-0.39, 0.29) is 29.4 Å². The second-order valence-corrected chi connectivity index (χ2v) is 8.63. The van der Waals surface area contributed by atoms with Crippen molar-refractivity contribution >= 4 is 5.97 Å². The molecule has 190 valence electrons. The third-order valence-corrected chi connectivity index (χ3v) is 6.41. The van der Waals surface area contributed by atoms with Gasteiger partial charge in [-0.2, -0.15) is 0 Å². The normalized spacial score (nSPS) is 14.1. The average molecular weight is 496 g/mol. The Morgan fingerprint density at radius 1 is 1.03 bits per heavy atom. The molecule has 3 aromatic rings. The molecule has 0 amide bonds. The minimum absolute atomic E-state index is 0.0740. The summed E-state index contributed by atoms with van der Waals surface area (Å²) in [6, 6.07) is 12.5. The standard InChI is InChI=1S/C27H29NO8/c1-33-22-10-18(11-23(34-2)26(22)32)20(13-24(30)35-3)27-25(31)21(29)12-19(36-27)15-28-9-8-16-6-4-5-7-17(16)14-28/h4-7,10-12,20,31-32H,8-9,13-15H2,1-3H3/t20-/m1/s1. The van der Waals surface area contributed by atoms with Crippen LogP contribution in [0.4, 0.5) is 0 Å². The van der Waals surface area contributed by atoms with E-state index in [0.29, 0.717) is 24.4 Å². The Balaban J connectivity index is 1.73. The molecule has 1 aliphatic heterocycles. The van der Waals surface area contributed by atoms with Crippen LogP contribution in [0.2, 0.25) is 0 Å². The summed E-state index contributed by atoms with van der Waals surface area (Å²) in [5.74, 6) is -1.81. The van der Waals surface area contributed by atoms with Crippen molar-refractivity contribution < 1.29 is 33.6 Å². The Bertz CT molecular complexity index is 1290. The van der Waals surface area contributed by atoms with Crippen LogP contribution < -0.4 is 14.9 Å². The molecule has 1 aliphatic rings.